The summed E-state index contributed by atoms with van der Waals surface area (Å²) < 4.78 is 0. The van der Waals surface area contributed by atoms with Gasteiger partial charge in [-0.3, -0.25) is 9.59 Å². The van der Waals surface area contributed by atoms with E-state index in [0.29, 0.717) is 11.1 Å². The van der Waals surface area contributed by atoms with Crippen molar-refractivity contribution in [2.24, 2.45) is 0 Å². The van der Waals surface area contributed by atoms with Crippen molar-refractivity contribution in [3.63, 3.8) is 0 Å². The van der Waals surface area contributed by atoms with Gasteiger partial charge < -0.3 is 0 Å². The van der Waals surface area contributed by atoms with Crippen molar-refractivity contribution in [1.29, 1.82) is 0 Å². The number of ketones is 2. The molecule has 0 atom stereocenters. The van der Waals surface area contributed by atoms with Gasteiger partial charge in [0.2, 0.25) is 0 Å². The Morgan fingerprint density at radius 2 is 1.38 bits per heavy atom. The fourth-order valence-electron chi connectivity index (χ4n) is 2.13. The molecule has 2 aromatic rings. The van der Waals surface area contributed by atoms with E-state index in [-0.39, 0.29) is 23.4 Å². The molecule has 0 heterocycles. The fourth-order valence-corrected chi connectivity index (χ4v) is 2.13. The first-order valence-electron chi connectivity index (χ1n) is 7.10. The van der Waals surface area contributed by atoms with Crippen LogP contribution in [0.1, 0.15) is 53.5 Å². The summed E-state index contributed by atoms with van der Waals surface area (Å²) in [6.45, 7) is 6.31. The lowest BCUT2D eigenvalue weighted by Gasteiger charge is -2.19. The monoisotopic (exact) mass is 280 g/mol. The van der Waals surface area contributed by atoms with Crippen molar-refractivity contribution in [3.05, 3.63) is 71.3 Å². The highest BCUT2D eigenvalue weighted by molar-refractivity contribution is 6.13. The number of rotatable bonds is 4. The summed E-state index contributed by atoms with van der Waals surface area (Å²) >= 11 is 0. The molecular formula is C19H20O2. The third kappa shape index (κ3) is 3.88. The second-order valence-corrected chi connectivity index (χ2v) is 6.22. The second-order valence-electron chi connectivity index (χ2n) is 6.22. The van der Waals surface area contributed by atoms with Gasteiger partial charge in [0.05, 0.1) is 6.42 Å². The van der Waals surface area contributed by atoms with E-state index >= 15 is 0 Å². The Kier molecular flexibility index (Phi) is 4.37. The van der Waals surface area contributed by atoms with Gasteiger partial charge in [-0.05, 0) is 17.0 Å². The van der Waals surface area contributed by atoms with Crippen LogP contribution in [0.3, 0.4) is 0 Å². The van der Waals surface area contributed by atoms with Crippen LogP contribution in [0.2, 0.25) is 0 Å². The summed E-state index contributed by atoms with van der Waals surface area (Å²) in [6, 6.07) is 16.5. The molecule has 0 aliphatic heterocycles. The SMILES string of the molecule is CC(C)(C)c1cccc(C(=O)CC(=O)c2ccccc2)c1. The van der Waals surface area contributed by atoms with Crippen LogP contribution in [-0.2, 0) is 5.41 Å². The zero-order valence-electron chi connectivity index (χ0n) is 12.7. The first kappa shape index (κ1) is 15.2. The standard InChI is InChI=1S/C19H20O2/c1-19(2,3)16-11-7-10-15(12-16)18(21)13-17(20)14-8-5-4-6-9-14/h4-12H,13H2,1-3H3. The average molecular weight is 280 g/mol. The molecule has 0 fully saturated rings. The Balaban J connectivity index is 2.16. The Morgan fingerprint density at radius 1 is 0.810 bits per heavy atom. The van der Waals surface area contributed by atoms with Gasteiger partial charge in [0.1, 0.15) is 0 Å². The summed E-state index contributed by atoms with van der Waals surface area (Å²) in [7, 11) is 0. The van der Waals surface area contributed by atoms with Crippen molar-refractivity contribution >= 4 is 11.6 Å². The second kappa shape index (κ2) is 6.04. The van der Waals surface area contributed by atoms with Gasteiger partial charge in [-0.15, -0.1) is 0 Å². The van der Waals surface area contributed by atoms with Gasteiger partial charge in [0.15, 0.2) is 11.6 Å². The minimum Gasteiger partial charge on any atom is -0.294 e. The number of hydrogen-bond donors (Lipinski definition) is 0. The molecule has 0 aliphatic carbocycles. The van der Waals surface area contributed by atoms with Gasteiger partial charge in [0, 0.05) is 11.1 Å². The van der Waals surface area contributed by atoms with Crippen LogP contribution >= 0.6 is 0 Å². The molecule has 2 nitrogen and oxygen atoms in total. The molecule has 2 heteroatoms. The van der Waals surface area contributed by atoms with E-state index in [4.69, 9.17) is 0 Å². The molecule has 0 saturated carbocycles. The van der Waals surface area contributed by atoms with Gasteiger partial charge >= 0.3 is 0 Å². The smallest absolute Gasteiger partial charge is 0.170 e. The highest BCUT2D eigenvalue weighted by atomic mass is 16.1. The van der Waals surface area contributed by atoms with Crippen LogP contribution in [-0.4, -0.2) is 11.6 Å². The molecule has 0 spiro atoms. The van der Waals surface area contributed by atoms with E-state index in [1.165, 1.54) is 0 Å². The van der Waals surface area contributed by atoms with Gasteiger partial charge in [-0.25, -0.2) is 0 Å². The van der Waals surface area contributed by atoms with Crippen LogP contribution < -0.4 is 0 Å². The van der Waals surface area contributed by atoms with E-state index in [2.05, 4.69) is 20.8 Å². The first-order chi connectivity index (χ1) is 9.88. The van der Waals surface area contributed by atoms with Crippen LogP contribution in [0.4, 0.5) is 0 Å². The third-order valence-electron chi connectivity index (χ3n) is 3.47. The quantitative estimate of drug-likeness (QED) is 0.613. The third-order valence-corrected chi connectivity index (χ3v) is 3.47. The summed E-state index contributed by atoms with van der Waals surface area (Å²) in [5.41, 5.74) is 2.27. The predicted octanol–water partition coefficient (Wildman–Crippen LogP) is 4.44. The molecule has 0 amide bonds. The maximum absolute atomic E-state index is 12.3. The molecule has 0 saturated heterocycles. The topological polar surface area (TPSA) is 34.1 Å². The van der Waals surface area contributed by atoms with Crippen molar-refractivity contribution in [2.75, 3.05) is 0 Å². The molecule has 2 aromatic carbocycles. The zero-order valence-corrected chi connectivity index (χ0v) is 12.7. The highest BCUT2D eigenvalue weighted by Gasteiger charge is 2.17. The Bertz CT molecular complexity index is 649. The molecule has 2 rings (SSSR count). The number of benzene rings is 2. The van der Waals surface area contributed by atoms with E-state index in [9.17, 15) is 9.59 Å². The molecular weight excluding hydrogens is 260 g/mol. The van der Waals surface area contributed by atoms with Crippen LogP contribution in [0.25, 0.3) is 0 Å². The lowest BCUT2D eigenvalue weighted by molar-refractivity contribution is 0.0894. The maximum atomic E-state index is 12.3. The molecule has 0 unspecified atom stereocenters. The fraction of sp³-hybridized carbons (Fsp3) is 0.263. The van der Waals surface area contributed by atoms with E-state index < -0.39 is 0 Å². The minimum atomic E-state index is -0.137. The van der Waals surface area contributed by atoms with Crippen molar-refractivity contribution in [2.45, 2.75) is 32.6 Å². The summed E-state index contributed by atoms with van der Waals surface area (Å²) in [5.74, 6) is -0.267. The zero-order chi connectivity index (χ0) is 15.5. The van der Waals surface area contributed by atoms with Crippen LogP contribution in [0.5, 0.6) is 0 Å². The number of carbonyl (C=O) groups excluding carboxylic acids is 2. The van der Waals surface area contributed by atoms with E-state index in [1.807, 2.05) is 24.3 Å². The molecule has 0 bridgehead atoms. The molecule has 21 heavy (non-hydrogen) atoms. The number of hydrogen-bond acceptors (Lipinski definition) is 2. The lowest BCUT2D eigenvalue weighted by atomic mass is 9.85. The minimum absolute atomic E-state index is 0.0142. The summed E-state index contributed by atoms with van der Waals surface area (Å²) in [4.78, 5) is 24.4. The highest BCUT2D eigenvalue weighted by Crippen LogP contribution is 2.23. The lowest BCUT2D eigenvalue weighted by Crippen LogP contribution is -2.13. The van der Waals surface area contributed by atoms with Gasteiger partial charge in [-0.2, -0.15) is 0 Å². The van der Waals surface area contributed by atoms with Gasteiger partial charge in [-0.1, -0.05) is 69.3 Å². The normalized spacial score (nSPS) is 11.2. The van der Waals surface area contributed by atoms with Crippen LogP contribution in [0.15, 0.2) is 54.6 Å². The van der Waals surface area contributed by atoms with E-state index in [0.717, 1.165) is 5.56 Å². The largest absolute Gasteiger partial charge is 0.294 e. The molecule has 108 valence electrons. The van der Waals surface area contributed by atoms with Crippen molar-refractivity contribution < 1.29 is 9.59 Å². The Morgan fingerprint density at radius 3 is 2.00 bits per heavy atom. The first-order valence-corrected chi connectivity index (χ1v) is 7.10. The van der Waals surface area contributed by atoms with Gasteiger partial charge in [0.25, 0.3) is 0 Å². The van der Waals surface area contributed by atoms with E-state index in [1.54, 1.807) is 30.3 Å². The predicted molar refractivity (Wildman–Crippen MR) is 84.9 cm³/mol. The summed E-state index contributed by atoms with van der Waals surface area (Å²) in [5, 5.41) is 0. The maximum Gasteiger partial charge on any atom is 0.170 e. The van der Waals surface area contributed by atoms with Crippen molar-refractivity contribution in [3.8, 4) is 0 Å². The van der Waals surface area contributed by atoms with Crippen LogP contribution in [0, 0.1) is 0 Å². The Labute approximate surface area is 125 Å². The molecule has 0 aromatic heterocycles. The van der Waals surface area contributed by atoms with Crippen molar-refractivity contribution in [1.82, 2.24) is 0 Å². The summed E-state index contributed by atoms with van der Waals surface area (Å²) in [6.07, 6.45) is -0.0857. The molecule has 0 radical (unpaired) electrons. The molecule has 0 N–H and O–H groups in total. The molecule has 0 aliphatic rings. The Hall–Kier alpha value is -2.22. The number of carbonyl (C=O) groups is 2. The number of Topliss-reactive ketones (excluding diaryl/α,β-unsaturated/α-hetero) is 2. The average Bonchev–Trinajstić information content (AvgIpc) is 2.47.